The van der Waals surface area contributed by atoms with Crippen LogP contribution in [0.5, 0.6) is 0 Å². The molecule has 0 aromatic heterocycles. The minimum atomic E-state index is 0.994. The summed E-state index contributed by atoms with van der Waals surface area (Å²) in [4.78, 5) is 2.18. The van der Waals surface area contributed by atoms with Gasteiger partial charge in [-0.2, -0.15) is 0 Å². The highest BCUT2D eigenvalue weighted by Gasteiger charge is 2.01. The van der Waals surface area contributed by atoms with E-state index in [0.717, 1.165) is 6.54 Å². The van der Waals surface area contributed by atoms with Crippen molar-refractivity contribution in [3.05, 3.63) is 59.7 Å². The number of aryl methyl sites for hydroxylation is 1. The molecule has 17 heavy (non-hydrogen) atoms. The minimum Gasteiger partial charge on any atom is -0.305 e. The number of rotatable bonds is 3. The molecule has 0 spiro atoms. The first kappa shape index (κ1) is 11.9. The summed E-state index contributed by atoms with van der Waals surface area (Å²) in [5, 5.41) is 0. The molecule has 1 heteroatoms. The van der Waals surface area contributed by atoms with E-state index in [-0.39, 0.29) is 0 Å². The fourth-order valence-electron chi connectivity index (χ4n) is 2.05. The maximum Gasteiger partial charge on any atom is 0.0227 e. The van der Waals surface area contributed by atoms with Crippen LogP contribution in [0.1, 0.15) is 11.1 Å². The molecule has 0 unspecified atom stereocenters. The summed E-state index contributed by atoms with van der Waals surface area (Å²) in [6, 6.07) is 17.3. The minimum absolute atomic E-state index is 0.994. The van der Waals surface area contributed by atoms with Crippen LogP contribution in [0.4, 0.5) is 0 Å². The van der Waals surface area contributed by atoms with Crippen molar-refractivity contribution in [2.45, 2.75) is 13.5 Å². The van der Waals surface area contributed by atoms with E-state index in [1.54, 1.807) is 0 Å². The molecule has 0 bridgehead atoms. The van der Waals surface area contributed by atoms with Gasteiger partial charge < -0.3 is 4.90 Å². The first-order valence-corrected chi connectivity index (χ1v) is 5.96. The molecule has 88 valence electrons. The van der Waals surface area contributed by atoms with E-state index in [9.17, 15) is 0 Å². The maximum atomic E-state index is 2.21. The summed E-state index contributed by atoms with van der Waals surface area (Å²) in [5.74, 6) is 0. The van der Waals surface area contributed by atoms with Crippen LogP contribution in [0.25, 0.3) is 11.1 Å². The highest BCUT2D eigenvalue weighted by Crippen LogP contribution is 2.23. The molecule has 0 atom stereocenters. The van der Waals surface area contributed by atoms with Gasteiger partial charge in [-0.3, -0.25) is 0 Å². The predicted molar refractivity (Wildman–Crippen MR) is 74.0 cm³/mol. The number of nitrogens with zero attached hydrogens (tertiary/aromatic N) is 1. The fourth-order valence-corrected chi connectivity index (χ4v) is 2.05. The van der Waals surface area contributed by atoms with Crippen LogP contribution < -0.4 is 0 Å². The lowest BCUT2D eigenvalue weighted by molar-refractivity contribution is 0.402. The van der Waals surface area contributed by atoms with Gasteiger partial charge in [0, 0.05) is 6.54 Å². The van der Waals surface area contributed by atoms with Crippen molar-refractivity contribution in [1.29, 1.82) is 0 Å². The van der Waals surface area contributed by atoms with E-state index in [1.165, 1.54) is 22.3 Å². The van der Waals surface area contributed by atoms with Crippen molar-refractivity contribution >= 4 is 0 Å². The lowest BCUT2D eigenvalue weighted by atomic mass is 9.99. The molecule has 1 nitrogen and oxygen atoms in total. The Hall–Kier alpha value is -1.60. The van der Waals surface area contributed by atoms with Crippen molar-refractivity contribution in [3.63, 3.8) is 0 Å². The highest BCUT2D eigenvalue weighted by molar-refractivity contribution is 5.67. The molecule has 0 aliphatic carbocycles. The van der Waals surface area contributed by atoms with Gasteiger partial charge in [-0.1, -0.05) is 48.5 Å². The van der Waals surface area contributed by atoms with Gasteiger partial charge in [0.05, 0.1) is 0 Å². The van der Waals surface area contributed by atoms with Crippen LogP contribution in [-0.2, 0) is 6.54 Å². The molecule has 0 fully saturated rings. The molecule has 2 aromatic rings. The Morgan fingerprint density at radius 1 is 0.882 bits per heavy atom. The molecule has 0 heterocycles. The Labute approximate surface area is 104 Å². The second-order valence-electron chi connectivity index (χ2n) is 4.75. The van der Waals surface area contributed by atoms with Crippen molar-refractivity contribution in [1.82, 2.24) is 4.90 Å². The average Bonchev–Trinajstić information content (AvgIpc) is 2.30. The summed E-state index contributed by atoms with van der Waals surface area (Å²) in [6.45, 7) is 3.15. The fraction of sp³-hybridized carbons (Fsp3) is 0.250. The highest BCUT2D eigenvalue weighted by atomic mass is 15.0. The number of hydrogen-bond acceptors (Lipinski definition) is 1. The Balaban J connectivity index is 2.27. The number of benzene rings is 2. The zero-order chi connectivity index (χ0) is 12.3. The predicted octanol–water partition coefficient (Wildman–Crippen LogP) is 3.72. The lowest BCUT2D eigenvalue weighted by Crippen LogP contribution is -2.10. The quantitative estimate of drug-likeness (QED) is 0.769. The molecule has 0 saturated heterocycles. The summed E-state index contributed by atoms with van der Waals surface area (Å²) in [6.07, 6.45) is 0. The van der Waals surface area contributed by atoms with Gasteiger partial charge in [-0.05, 0) is 43.3 Å². The normalized spacial score (nSPS) is 10.8. The first-order valence-electron chi connectivity index (χ1n) is 5.96. The van der Waals surface area contributed by atoms with Gasteiger partial charge in [0.2, 0.25) is 0 Å². The summed E-state index contributed by atoms with van der Waals surface area (Å²) in [7, 11) is 4.19. The molecular formula is C16H19N. The number of hydrogen-bond donors (Lipinski definition) is 0. The molecular weight excluding hydrogens is 206 g/mol. The third-order valence-electron chi connectivity index (χ3n) is 2.91. The van der Waals surface area contributed by atoms with Gasteiger partial charge in [0.1, 0.15) is 0 Å². The summed E-state index contributed by atoms with van der Waals surface area (Å²) in [5.41, 5.74) is 5.30. The molecule has 0 amide bonds. The molecule has 0 aliphatic heterocycles. The van der Waals surface area contributed by atoms with Gasteiger partial charge >= 0.3 is 0 Å². The van der Waals surface area contributed by atoms with Crippen LogP contribution in [0, 0.1) is 6.92 Å². The third kappa shape index (κ3) is 2.95. The van der Waals surface area contributed by atoms with E-state index >= 15 is 0 Å². The van der Waals surface area contributed by atoms with Gasteiger partial charge in [-0.25, -0.2) is 0 Å². The van der Waals surface area contributed by atoms with Crippen molar-refractivity contribution < 1.29 is 0 Å². The van der Waals surface area contributed by atoms with E-state index in [0.29, 0.717) is 0 Å². The van der Waals surface area contributed by atoms with Gasteiger partial charge in [0.15, 0.2) is 0 Å². The van der Waals surface area contributed by atoms with Crippen molar-refractivity contribution in [2.24, 2.45) is 0 Å². The average molecular weight is 225 g/mol. The maximum absolute atomic E-state index is 2.21. The largest absolute Gasteiger partial charge is 0.305 e. The van der Waals surface area contributed by atoms with E-state index in [1.807, 2.05) is 0 Å². The van der Waals surface area contributed by atoms with E-state index in [2.05, 4.69) is 74.4 Å². The third-order valence-corrected chi connectivity index (χ3v) is 2.91. The lowest BCUT2D eigenvalue weighted by Gasteiger charge is -2.11. The van der Waals surface area contributed by atoms with Crippen LogP contribution in [0.15, 0.2) is 48.5 Å². The second-order valence-corrected chi connectivity index (χ2v) is 4.75. The Kier molecular flexibility index (Phi) is 3.60. The molecule has 2 aromatic carbocycles. The molecule has 0 aliphatic rings. The smallest absolute Gasteiger partial charge is 0.0227 e. The van der Waals surface area contributed by atoms with Gasteiger partial charge in [-0.15, -0.1) is 0 Å². The zero-order valence-electron chi connectivity index (χ0n) is 10.8. The standard InChI is InChI=1S/C16H19N/c1-13-6-4-5-7-16(13)15-10-8-14(9-11-15)12-17(2)3/h4-11H,12H2,1-3H3. The van der Waals surface area contributed by atoms with Crippen LogP contribution in [0.3, 0.4) is 0 Å². The molecule has 2 rings (SSSR count). The zero-order valence-corrected chi connectivity index (χ0v) is 10.8. The molecule has 0 saturated carbocycles. The van der Waals surface area contributed by atoms with Crippen molar-refractivity contribution in [2.75, 3.05) is 14.1 Å². The SMILES string of the molecule is Cc1ccccc1-c1ccc(CN(C)C)cc1. The summed E-state index contributed by atoms with van der Waals surface area (Å²) < 4.78 is 0. The monoisotopic (exact) mass is 225 g/mol. The Morgan fingerprint density at radius 2 is 1.53 bits per heavy atom. The summed E-state index contributed by atoms with van der Waals surface area (Å²) >= 11 is 0. The van der Waals surface area contributed by atoms with E-state index < -0.39 is 0 Å². The van der Waals surface area contributed by atoms with Crippen LogP contribution >= 0.6 is 0 Å². The second kappa shape index (κ2) is 5.15. The van der Waals surface area contributed by atoms with E-state index in [4.69, 9.17) is 0 Å². The van der Waals surface area contributed by atoms with Crippen LogP contribution in [-0.4, -0.2) is 19.0 Å². The first-order chi connectivity index (χ1) is 8.16. The van der Waals surface area contributed by atoms with Gasteiger partial charge in [0.25, 0.3) is 0 Å². The van der Waals surface area contributed by atoms with Crippen LogP contribution in [0.2, 0.25) is 0 Å². The molecule has 0 N–H and O–H groups in total. The van der Waals surface area contributed by atoms with Crippen molar-refractivity contribution in [3.8, 4) is 11.1 Å². The molecule has 0 radical (unpaired) electrons. The Morgan fingerprint density at radius 3 is 2.12 bits per heavy atom. The Bertz CT molecular complexity index is 483. The topological polar surface area (TPSA) is 3.24 Å².